The van der Waals surface area contributed by atoms with Gasteiger partial charge in [-0.2, -0.15) is 0 Å². The quantitative estimate of drug-likeness (QED) is 0.180. The number of hydrogen-bond acceptors (Lipinski definition) is 7. The van der Waals surface area contributed by atoms with Crippen LogP contribution >= 0.6 is 0 Å². The molecule has 1 aliphatic heterocycles. The number of nitrogens with one attached hydrogen (secondary N) is 4. The van der Waals surface area contributed by atoms with Crippen LogP contribution < -0.4 is 27.0 Å². The maximum atomic E-state index is 13.1. The summed E-state index contributed by atoms with van der Waals surface area (Å²) in [7, 11) is 0. The first kappa shape index (κ1) is 28.6. The fourth-order valence-electron chi connectivity index (χ4n) is 3.85. The zero-order chi connectivity index (χ0) is 26.8. The summed E-state index contributed by atoms with van der Waals surface area (Å²) in [6.07, 6.45) is 1.05. The number of amides is 4. The third kappa shape index (κ3) is 8.84. The molecule has 0 spiro atoms. The highest BCUT2D eigenvalue weighted by molar-refractivity contribution is 5.94. The summed E-state index contributed by atoms with van der Waals surface area (Å²) in [5.74, 6) is -4.04. The van der Waals surface area contributed by atoms with E-state index >= 15 is 0 Å². The molecule has 0 saturated carbocycles. The number of carboxylic acid groups (broad SMARTS) is 1. The molecule has 4 unspecified atom stereocenters. The highest BCUT2D eigenvalue weighted by atomic mass is 16.4. The number of phenols is 1. The molecule has 1 aliphatic rings. The Hall–Kier alpha value is -3.67. The molecule has 1 heterocycles. The fourth-order valence-corrected chi connectivity index (χ4v) is 3.85. The first-order chi connectivity index (χ1) is 17.0. The van der Waals surface area contributed by atoms with Gasteiger partial charge in [-0.3, -0.25) is 19.2 Å². The molecule has 2 rings (SSSR count). The molecule has 12 nitrogen and oxygen atoms in total. The van der Waals surface area contributed by atoms with E-state index in [0.717, 1.165) is 6.42 Å². The van der Waals surface area contributed by atoms with Crippen LogP contribution in [0.2, 0.25) is 0 Å². The van der Waals surface area contributed by atoms with Crippen molar-refractivity contribution in [3.63, 3.8) is 0 Å². The second kappa shape index (κ2) is 13.4. The van der Waals surface area contributed by atoms with Crippen molar-refractivity contribution in [3.05, 3.63) is 29.8 Å². The normalized spacial score (nSPS) is 17.6. The summed E-state index contributed by atoms with van der Waals surface area (Å²) in [4.78, 5) is 61.7. The Bertz CT molecular complexity index is 945. The van der Waals surface area contributed by atoms with Gasteiger partial charge in [-0.15, -0.1) is 0 Å². The van der Waals surface area contributed by atoms with Gasteiger partial charge in [-0.05, 0) is 49.4 Å². The summed E-state index contributed by atoms with van der Waals surface area (Å²) in [6, 6.07) is 1.91. The molecule has 1 fully saturated rings. The first-order valence-corrected chi connectivity index (χ1v) is 11.9. The lowest BCUT2D eigenvalue weighted by Crippen LogP contribution is -2.58. The molecule has 198 valence electrons. The number of rotatable bonds is 13. The van der Waals surface area contributed by atoms with Gasteiger partial charge >= 0.3 is 5.97 Å². The number of hydrogen-bond donors (Lipinski definition) is 7. The number of carbonyl (C=O) groups excluding carboxylic acids is 4. The van der Waals surface area contributed by atoms with Crippen LogP contribution in [0.3, 0.4) is 0 Å². The van der Waals surface area contributed by atoms with Gasteiger partial charge in [0.2, 0.25) is 23.6 Å². The van der Waals surface area contributed by atoms with E-state index in [1.165, 1.54) is 24.3 Å². The maximum Gasteiger partial charge on any atom is 0.326 e. The van der Waals surface area contributed by atoms with Crippen molar-refractivity contribution in [2.24, 2.45) is 11.7 Å². The van der Waals surface area contributed by atoms with Crippen LogP contribution in [-0.2, 0) is 30.4 Å². The number of carboxylic acids is 1. The van der Waals surface area contributed by atoms with Gasteiger partial charge in [-0.25, -0.2) is 4.79 Å². The lowest BCUT2D eigenvalue weighted by Gasteiger charge is -2.27. The lowest BCUT2D eigenvalue weighted by atomic mass is 10.0. The van der Waals surface area contributed by atoms with E-state index in [9.17, 15) is 34.2 Å². The molecular weight excluding hydrogens is 470 g/mol. The number of phenolic OH excluding ortho intramolecular Hbond substituents is 1. The zero-order valence-electron chi connectivity index (χ0n) is 20.5. The molecule has 1 aromatic carbocycles. The third-order valence-electron chi connectivity index (χ3n) is 5.93. The van der Waals surface area contributed by atoms with Crippen molar-refractivity contribution in [2.45, 2.75) is 70.1 Å². The van der Waals surface area contributed by atoms with Crippen LogP contribution in [0.4, 0.5) is 0 Å². The zero-order valence-corrected chi connectivity index (χ0v) is 20.5. The van der Waals surface area contributed by atoms with E-state index in [1.807, 2.05) is 0 Å². The highest BCUT2D eigenvalue weighted by Gasteiger charge is 2.33. The van der Waals surface area contributed by atoms with Crippen molar-refractivity contribution in [1.82, 2.24) is 21.3 Å². The maximum absolute atomic E-state index is 13.1. The van der Waals surface area contributed by atoms with Gasteiger partial charge in [0.15, 0.2) is 0 Å². The van der Waals surface area contributed by atoms with Crippen LogP contribution in [0.15, 0.2) is 24.3 Å². The largest absolute Gasteiger partial charge is 0.508 e. The predicted molar refractivity (Wildman–Crippen MR) is 130 cm³/mol. The SMILES string of the molecule is CC(C)C(NC(=O)C1CCCN1)C(=O)NC(CCC(N)=O)C(=O)NC(Cc1ccc(O)cc1)C(=O)O. The number of aliphatic carboxylic acids is 1. The molecule has 0 bridgehead atoms. The van der Waals surface area contributed by atoms with Crippen molar-refractivity contribution < 1.29 is 34.2 Å². The topological polar surface area (TPSA) is 200 Å². The Labute approximate surface area is 209 Å². The van der Waals surface area contributed by atoms with Gasteiger partial charge < -0.3 is 37.2 Å². The van der Waals surface area contributed by atoms with E-state index < -0.39 is 47.9 Å². The first-order valence-electron chi connectivity index (χ1n) is 11.9. The Balaban J connectivity index is 2.12. The van der Waals surface area contributed by atoms with Crippen LogP contribution in [0.25, 0.3) is 0 Å². The minimum atomic E-state index is -1.33. The van der Waals surface area contributed by atoms with Gasteiger partial charge in [0.1, 0.15) is 23.9 Å². The Morgan fingerprint density at radius 1 is 1.03 bits per heavy atom. The predicted octanol–water partition coefficient (Wildman–Crippen LogP) is -0.853. The molecule has 1 saturated heterocycles. The molecule has 0 radical (unpaired) electrons. The summed E-state index contributed by atoms with van der Waals surface area (Å²) in [5.41, 5.74) is 5.77. The van der Waals surface area contributed by atoms with Crippen LogP contribution in [0.5, 0.6) is 5.75 Å². The van der Waals surface area contributed by atoms with E-state index in [0.29, 0.717) is 18.5 Å². The number of primary amides is 1. The van der Waals surface area contributed by atoms with E-state index in [4.69, 9.17) is 5.73 Å². The third-order valence-corrected chi connectivity index (χ3v) is 5.93. The molecule has 1 aromatic rings. The molecule has 0 aliphatic carbocycles. The molecule has 0 aromatic heterocycles. The standard InChI is InChI=1S/C24H35N5O7/c1-13(2)20(29-21(32)16-4-3-11-26-16)23(34)27-17(9-10-19(25)31)22(33)28-18(24(35)36)12-14-5-7-15(30)8-6-14/h5-8,13,16-18,20,26,30H,3-4,9-12H2,1-2H3,(H2,25,31)(H,27,34)(H,28,33)(H,29,32)(H,35,36). The molecule has 8 N–H and O–H groups in total. The number of aromatic hydroxyl groups is 1. The van der Waals surface area contributed by atoms with Gasteiger partial charge in [0.05, 0.1) is 6.04 Å². The average molecular weight is 506 g/mol. The second-order valence-corrected chi connectivity index (χ2v) is 9.22. The van der Waals surface area contributed by atoms with Crippen LogP contribution in [0.1, 0.15) is 45.1 Å². The smallest absolute Gasteiger partial charge is 0.326 e. The highest BCUT2D eigenvalue weighted by Crippen LogP contribution is 2.12. The lowest BCUT2D eigenvalue weighted by molar-refractivity contribution is -0.142. The van der Waals surface area contributed by atoms with E-state index in [-0.39, 0.29) is 36.8 Å². The van der Waals surface area contributed by atoms with Crippen LogP contribution in [-0.4, -0.2) is 70.5 Å². The van der Waals surface area contributed by atoms with Gasteiger partial charge in [0.25, 0.3) is 0 Å². The second-order valence-electron chi connectivity index (χ2n) is 9.22. The molecule has 12 heteroatoms. The van der Waals surface area contributed by atoms with Crippen LogP contribution in [0, 0.1) is 5.92 Å². The van der Waals surface area contributed by atoms with E-state index in [1.54, 1.807) is 13.8 Å². The van der Waals surface area contributed by atoms with Gasteiger partial charge in [-0.1, -0.05) is 26.0 Å². The average Bonchev–Trinajstić information content (AvgIpc) is 3.35. The van der Waals surface area contributed by atoms with E-state index in [2.05, 4.69) is 21.3 Å². The molecular formula is C24H35N5O7. The summed E-state index contributed by atoms with van der Waals surface area (Å²) in [6.45, 7) is 4.19. The minimum absolute atomic E-state index is 0.0133. The summed E-state index contributed by atoms with van der Waals surface area (Å²) >= 11 is 0. The number of carbonyl (C=O) groups is 5. The van der Waals surface area contributed by atoms with Gasteiger partial charge in [0, 0.05) is 12.8 Å². The van der Waals surface area contributed by atoms with Crippen molar-refractivity contribution in [2.75, 3.05) is 6.54 Å². The monoisotopic (exact) mass is 505 g/mol. The van der Waals surface area contributed by atoms with Crippen molar-refractivity contribution in [3.8, 4) is 5.75 Å². The molecule has 36 heavy (non-hydrogen) atoms. The molecule has 4 amide bonds. The summed E-state index contributed by atoms with van der Waals surface area (Å²) < 4.78 is 0. The fraction of sp³-hybridized carbons (Fsp3) is 0.542. The Morgan fingerprint density at radius 3 is 2.19 bits per heavy atom. The number of nitrogens with two attached hydrogens (primary N) is 1. The Kier molecular flexibility index (Phi) is 10.7. The minimum Gasteiger partial charge on any atom is -0.508 e. The van der Waals surface area contributed by atoms with Crippen molar-refractivity contribution >= 4 is 29.6 Å². The number of benzene rings is 1. The summed E-state index contributed by atoms with van der Waals surface area (Å²) in [5, 5.41) is 29.7. The molecule has 4 atom stereocenters. The van der Waals surface area contributed by atoms with Crippen molar-refractivity contribution in [1.29, 1.82) is 0 Å². The Morgan fingerprint density at radius 2 is 1.67 bits per heavy atom.